The zero-order chi connectivity index (χ0) is 14.8. The van der Waals surface area contributed by atoms with Gasteiger partial charge in [-0.25, -0.2) is 0 Å². The summed E-state index contributed by atoms with van der Waals surface area (Å²) in [5, 5.41) is 4.06. The van der Waals surface area contributed by atoms with E-state index in [-0.39, 0.29) is 0 Å². The molecule has 0 aromatic carbocycles. The number of pyridine rings is 1. The normalized spacial score (nSPS) is 16.2. The molecule has 0 amide bonds. The molecule has 3 rings (SSSR count). The van der Waals surface area contributed by atoms with E-state index in [1.54, 1.807) is 13.3 Å². The molecule has 112 valence electrons. The molecule has 0 N–H and O–H groups in total. The molecule has 2 aromatic rings. The lowest BCUT2D eigenvalue weighted by atomic mass is 10.2. The first kappa shape index (κ1) is 13.8. The monoisotopic (exact) mass is 289 g/mol. The van der Waals surface area contributed by atoms with E-state index in [9.17, 15) is 0 Å². The van der Waals surface area contributed by atoms with Crippen molar-refractivity contribution in [3.05, 3.63) is 17.8 Å². The Balaban J connectivity index is 1.81. The number of hydrogen-bond donors (Lipinski definition) is 0. The Morgan fingerprint density at radius 3 is 2.71 bits per heavy atom. The van der Waals surface area contributed by atoms with Crippen molar-refractivity contribution in [2.24, 2.45) is 0 Å². The van der Waals surface area contributed by atoms with Crippen molar-refractivity contribution < 1.29 is 9.26 Å². The Labute approximate surface area is 123 Å². The minimum Gasteiger partial charge on any atom is -0.496 e. The van der Waals surface area contributed by atoms with Crippen LogP contribution in [0.3, 0.4) is 0 Å². The van der Waals surface area contributed by atoms with Crippen LogP contribution >= 0.6 is 0 Å². The number of likely N-dealkylation sites (N-methyl/N-ethyl adjacent to an activating group) is 1. The van der Waals surface area contributed by atoms with Gasteiger partial charge >= 0.3 is 0 Å². The van der Waals surface area contributed by atoms with Gasteiger partial charge in [0.1, 0.15) is 11.4 Å². The third kappa shape index (κ3) is 2.82. The summed E-state index contributed by atoms with van der Waals surface area (Å²) in [4.78, 5) is 13.2. The predicted molar refractivity (Wildman–Crippen MR) is 78.5 cm³/mol. The highest BCUT2D eigenvalue weighted by molar-refractivity contribution is 5.53. The van der Waals surface area contributed by atoms with Crippen molar-refractivity contribution in [3.63, 3.8) is 0 Å². The van der Waals surface area contributed by atoms with Gasteiger partial charge in [-0.1, -0.05) is 0 Å². The zero-order valence-corrected chi connectivity index (χ0v) is 12.5. The van der Waals surface area contributed by atoms with Crippen LogP contribution in [0, 0.1) is 6.92 Å². The van der Waals surface area contributed by atoms with Gasteiger partial charge in [0.2, 0.25) is 0 Å². The van der Waals surface area contributed by atoms with Crippen LogP contribution in [0.2, 0.25) is 0 Å². The van der Waals surface area contributed by atoms with Gasteiger partial charge in [-0.2, -0.15) is 4.98 Å². The van der Waals surface area contributed by atoms with Crippen molar-refractivity contribution >= 4 is 5.95 Å². The third-order valence-corrected chi connectivity index (χ3v) is 3.69. The average molecular weight is 289 g/mol. The Bertz CT molecular complexity index is 620. The van der Waals surface area contributed by atoms with Crippen LogP contribution in [0.15, 0.2) is 16.8 Å². The highest BCUT2D eigenvalue weighted by Gasteiger charge is 2.20. The summed E-state index contributed by atoms with van der Waals surface area (Å²) in [5.74, 6) is 1.81. The molecule has 0 bridgehead atoms. The fourth-order valence-electron chi connectivity index (χ4n) is 2.30. The molecule has 0 atom stereocenters. The number of nitrogens with zero attached hydrogens (tertiary/aromatic N) is 5. The highest BCUT2D eigenvalue weighted by Crippen LogP contribution is 2.24. The van der Waals surface area contributed by atoms with Gasteiger partial charge in [-0.05, 0) is 19.1 Å². The van der Waals surface area contributed by atoms with E-state index in [0.29, 0.717) is 17.5 Å². The number of ether oxygens (including phenoxy) is 1. The molecule has 0 unspecified atom stereocenters. The minimum absolute atomic E-state index is 0.419. The fourth-order valence-corrected chi connectivity index (χ4v) is 2.30. The van der Waals surface area contributed by atoms with Crippen molar-refractivity contribution in [1.82, 2.24) is 20.0 Å². The molecule has 3 heterocycles. The maximum absolute atomic E-state index is 5.34. The van der Waals surface area contributed by atoms with Crippen molar-refractivity contribution in [2.45, 2.75) is 6.92 Å². The lowest BCUT2D eigenvalue weighted by Crippen LogP contribution is -2.44. The van der Waals surface area contributed by atoms with Gasteiger partial charge < -0.3 is 19.1 Å². The van der Waals surface area contributed by atoms with E-state index < -0.39 is 0 Å². The molecular weight excluding hydrogens is 270 g/mol. The molecule has 1 aliphatic rings. The van der Waals surface area contributed by atoms with Crippen LogP contribution in [0.25, 0.3) is 11.6 Å². The smallest absolute Gasteiger partial charge is 0.278 e. The van der Waals surface area contributed by atoms with E-state index in [1.807, 2.05) is 13.0 Å². The van der Waals surface area contributed by atoms with E-state index in [1.165, 1.54) is 0 Å². The summed E-state index contributed by atoms with van der Waals surface area (Å²) < 4.78 is 10.6. The molecule has 0 spiro atoms. The van der Waals surface area contributed by atoms with Crippen LogP contribution in [0.1, 0.15) is 5.56 Å². The first-order valence-electron chi connectivity index (χ1n) is 6.95. The second-order valence-corrected chi connectivity index (χ2v) is 5.23. The van der Waals surface area contributed by atoms with E-state index in [2.05, 4.69) is 32.0 Å². The molecule has 7 nitrogen and oxygen atoms in total. The Kier molecular flexibility index (Phi) is 3.74. The predicted octanol–water partition coefficient (Wildman–Crippen LogP) is 1.20. The molecule has 1 saturated heterocycles. The molecule has 1 fully saturated rings. The number of aryl methyl sites for hydroxylation is 1. The Morgan fingerprint density at radius 1 is 1.24 bits per heavy atom. The molecule has 2 aromatic heterocycles. The first-order valence-corrected chi connectivity index (χ1v) is 6.95. The molecule has 0 aliphatic carbocycles. The van der Waals surface area contributed by atoms with Crippen LogP contribution in [0.4, 0.5) is 5.95 Å². The SMILES string of the molecule is COc1cc(-c2nc(N3CCN(C)CC3)no2)ncc1C. The standard InChI is InChI=1S/C14H19N5O2/c1-10-9-15-11(8-12(10)20-3)13-16-14(17-21-13)19-6-4-18(2)5-7-19/h8-9H,4-7H2,1-3H3. The molecular formula is C14H19N5O2. The van der Waals surface area contributed by atoms with Crippen LogP contribution in [0.5, 0.6) is 5.75 Å². The maximum Gasteiger partial charge on any atom is 0.278 e. The second kappa shape index (κ2) is 5.69. The number of piperazine rings is 1. The summed E-state index contributed by atoms with van der Waals surface area (Å²) in [6.07, 6.45) is 1.74. The topological polar surface area (TPSA) is 67.5 Å². The number of hydrogen-bond acceptors (Lipinski definition) is 7. The lowest BCUT2D eigenvalue weighted by Gasteiger charge is -2.31. The van der Waals surface area contributed by atoms with Crippen molar-refractivity contribution in [1.29, 1.82) is 0 Å². The second-order valence-electron chi connectivity index (χ2n) is 5.23. The van der Waals surface area contributed by atoms with E-state index in [4.69, 9.17) is 9.26 Å². The summed E-state index contributed by atoms with van der Waals surface area (Å²) in [7, 11) is 3.75. The Morgan fingerprint density at radius 2 is 2.00 bits per heavy atom. The fraction of sp³-hybridized carbons (Fsp3) is 0.500. The number of anilines is 1. The summed E-state index contributed by atoms with van der Waals surface area (Å²) in [6, 6.07) is 1.82. The van der Waals surface area contributed by atoms with Gasteiger partial charge in [0, 0.05) is 44.0 Å². The van der Waals surface area contributed by atoms with Crippen LogP contribution < -0.4 is 9.64 Å². The quantitative estimate of drug-likeness (QED) is 0.841. The first-order chi connectivity index (χ1) is 10.2. The lowest BCUT2D eigenvalue weighted by molar-refractivity contribution is 0.309. The molecule has 7 heteroatoms. The summed E-state index contributed by atoms with van der Waals surface area (Å²) in [5.41, 5.74) is 1.60. The van der Waals surface area contributed by atoms with Gasteiger partial charge in [-0.15, -0.1) is 0 Å². The molecule has 21 heavy (non-hydrogen) atoms. The third-order valence-electron chi connectivity index (χ3n) is 3.69. The number of aromatic nitrogens is 3. The highest BCUT2D eigenvalue weighted by atomic mass is 16.5. The molecule has 0 radical (unpaired) electrons. The number of methoxy groups -OCH3 is 1. The van der Waals surface area contributed by atoms with Crippen molar-refractivity contribution in [2.75, 3.05) is 45.2 Å². The van der Waals surface area contributed by atoms with E-state index >= 15 is 0 Å². The molecule has 0 saturated carbocycles. The Hall–Kier alpha value is -2.15. The zero-order valence-electron chi connectivity index (χ0n) is 12.5. The maximum atomic E-state index is 5.34. The van der Waals surface area contributed by atoms with Gasteiger partial charge in [0.15, 0.2) is 0 Å². The molecule has 1 aliphatic heterocycles. The summed E-state index contributed by atoms with van der Waals surface area (Å²) >= 11 is 0. The minimum atomic E-state index is 0.419. The number of rotatable bonds is 3. The van der Waals surface area contributed by atoms with Gasteiger partial charge in [0.05, 0.1) is 7.11 Å². The average Bonchev–Trinajstić information content (AvgIpc) is 2.98. The van der Waals surface area contributed by atoms with E-state index in [0.717, 1.165) is 37.5 Å². The largest absolute Gasteiger partial charge is 0.496 e. The summed E-state index contributed by atoms with van der Waals surface area (Å²) in [6.45, 7) is 5.75. The van der Waals surface area contributed by atoms with Crippen molar-refractivity contribution in [3.8, 4) is 17.3 Å². The van der Waals surface area contributed by atoms with Gasteiger partial charge in [0.25, 0.3) is 11.8 Å². The van der Waals surface area contributed by atoms with Crippen LogP contribution in [-0.2, 0) is 0 Å². The van der Waals surface area contributed by atoms with Gasteiger partial charge in [-0.3, -0.25) is 4.98 Å². The van der Waals surface area contributed by atoms with Crippen LogP contribution in [-0.4, -0.2) is 60.4 Å².